The molecule has 0 fully saturated rings. The molecular weight excluding hydrogens is 288 g/mol. The van der Waals surface area contributed by atoms with Crippen LogP contribution in [0.5, 0.6) is 0 Å². The first-order valence-corrected chi connectivity index (χ1v) is 6.46. The van der Waals surface area contributed by atoms with E-state index in [4.69, 9.17) is 5.73 Å². The van der Waals surface area contributed by atoms with Gasteiger partial charge in [0.15, 0.2) is 0 Å². The maximum absolute atomic E-state index is 13.3. The Morgan fingerprint density at radius 3 is 2.59 bits per heavy atom. The molecule has 2 N–H and O–H groups in total. The number of carbonyl (C=O) groups excluding carboxylic acids is 1. The van der Waals surface area contributed by atoms with Crippen LogP contribution in [0, 0.1) is 11.6 Å². The number of fused-ring (bicyclic) bond motifs is 1. The number of amides is 1. The van der Waals surface area contributed by atoms with Crippen molar-refractivity contribution in [3.05, 3.63) is 65.4 Å². The molecule has 0 aliphatic rings. The second-order valence-corrected chi connectivity index (χ2v) is 4.69. The number of nitrogens with two attached hydrogens (primary N) is 1. The van der Waals surface area contributed by atoms with Crippen LogP contribution in [0.1, 0.15) is 11.3 Å². The molecule has 6 heteroatoms. The van der Waals surface area contributed by atoms with Gasteiger partial charge in [-0.1, -0.05) is 18.2 Å². The van der Waals surface area contributed by atoms with Gasteiger partial charge in [0.05, 0.1) is 11.2 Å². The first-order valence-electron chi connectivity index (χ1n) is 6.46. The Bertz CT molecular complexity index is 900. The number of rotatable bonds is 2. The van der Waals surface area contributed by atoms with E-state index < -0.39 is 11.8 Å². The molecule has 2 aromatic carbocycles. The van der Waals surface area contributed by atoms with Gasteiger partial charge in [-0.25, -0.2) is 13.6 Å². The number of aromatic nitrogens is 2. The van der Waals surface area contributed by atoms with E-state index in [-0.39, 0.29) is 11.3 Å². The van der Waals surface area contributed by atoms with Crippen LogP contribution >= 0.6 is 0 Å². The summed E-state index contributed by atoms with van der Waals surface area (Å²) in [6.07, 6.45) is 3.27. The van der Waals surface area contributed by atoms with Crippen molar-refractivity contribution in [3.63, 3.8) is 0 Å². The normalized spacial score (nSPS) is 11.4. The van der Waals surface area contributed by atoms with Gasteiger partial charge in [-0.15, -0.1) is 0 Å². The molecule has 0 aliphatic carbocycles. The van der Waals surface area contributed by atoms with Crippen LogP contribution in [0.2, 0.25) is 0 Å². The number of nitrogens with zero attached hydrogens (tertiary/aromatic N) is 2. The van der Waals surface area contributed by atoms with Gasteiger partial charge in [-0.3, -0.25) is 0 Å². The third-order valence-electron chi connectivity index (χ3n) is 3.16. The Morgan fingerprint density at radius 1 is 1.09 bits per heavy atom. The lowest BCUT2D eigenvalue weighted by atomic mass is 10.1. The fraction of sp³-hybridized carbons (Fsp3) is 0. The van der Waals surface area contributed by atoms with Crippen molar-refractivity contribution in [2.45, 2.75) is 0 Å². The second kappa shape index (κ2) is 5.40. The highest BCUT2D eigenvalue weighted by molar-refractivity contribution is 5.95. The summed E-state index contributed by atoms with van der Waals surface area (Å²) in [4.78, 5) is 11.4. The summed E-state index contributed by atoms with van der Waals surface area (Å²) in [5.41, 5.74) is 6.60. The van der Waals surface area contributed by atoms with E-state index in [9.17, 15) is 13.6 Å². The van der Waals surface area contributed by atoms with Gasteiger partial charge in [-0.05, 0) is 35.9 Å². The Labute approximate surface area is 124 Å². The molecule has 1 aromatic heterocycles. The molecule has 0 aliphatic heterocycles. The first-order chi connectivity index (χ1) is 10.5. The molecule has 0 spiro atoms. The highest BCUT2D eigenvalue weighted by Gasteiger charge is 2.12. The summed E-state index contributed by atoms with van der Waals surface area (Å²) < 4.78 is 27.4. The fourth-order valence-electron chi connectivity index (χ4n) is 2.19. The average Bonchev–Trinajstić information content (AvgIpc) is 2.83. The molecule has 0 unspecified atom stereocenters. The van der Waals surface area contributed by atoms with E-state index in [0.29, 0.717) is 16.6 Å². The lowest BCUT2D eigenvalue weighted by Gasteiger charge is -1.95. The maximum Gasteiger partial charge on any atom is 0.340 e. The van der Waals surface area contributed by atoms with Gasteiger partial charge in [-0.2, -0.15) is 9.78 Å². The summed E-state index contributed by atoms with van der Waals surface area (Å²) in [7, 11) is 0. The predicted octanol–water partition coefficient (Wildman–Crippen LogP) is 3.41. The van der Waals surface area contributed by atoms with Crippen molar-refractivity contribution >= 4 is 29.1 Å². The minimum atomic E-state index is -0.805. The molecule has 22 heavy (non-hydrogen) atoms. The van der Waals surface area contributed by atoms with E-state index in [2.05, 4.69) is 5.10 Å². The van der Waals surface area contributed by atoms with E-state index in [1.165, 1.54) is 30.3 Å². The summed E-state index contributed by atoms with van der Waals surface area (Å²) in [5, 5.41) is 4.64. The lowest BCUT2D eigenvalue weighted by Crippen LogP contribution is -2.20. The van der Waals surface area contributed by atoms with Crippen LogP contribution in [-0.2, 0) is 0 Å². The van der Waals surface area contributed by atoms with Crippen LogP contribution in [0.25, 0.3) is 23.1 Å². The smallest absolute Gasteiger partial charge is 0.340 e. The van der Waals surface area contributed by atoms with E-state index >= 15 is 0 Å². The Kier molecular flexibility index (Phi) is 3.42. The molecular formula is C16H11F2N3O. The SMILES string of the molecule is NC(=O)n1nc(/C=C/c2cccc(F)c2)c2ccc(F)cc21. The van der Waals surface area contributed by atoms with Crippen molar-refractivity contribution in [1.82, 2.24) is 9.78 Å². The van der Waals surface area contributed by atoms with Gasteiger partial charge >= 0.3 is 6.03 Å². The van der Waals surface area contributed by atoms with Crippen molar-refractivity contribution < 1.29 is 13.6 Å². The summed E-state index contributed by atoms with van der Waals surface area (Å²) >= 11 is 0. The van der Waals surface area contributed by atoms with Gasteiger partial charge in [0.1, 0.15) is 11.6 Å². The van der Waals surface area contributed by atoms with E-state index in [0.717, 1.165) is 4.68 Å². The van der Waals surface area contributed by atoms with Crippen molar-refractivity contribution in [2.24, 2.45) is 5.73 Å². The topological polar surface area (TPSA) is 60.9 Å². The third-order valence-corrected chi connectivity index (χ3v) is 3.16. The highest BCUT2D eigenvalue weighted by atomic mass is 19.1. The number of benzene rings is 2. The molecule has 4 nitrogen and oxygen atoms in total. The molecule has 0 radical (unpaired) electrons. The highest BCUT2D eigenvalue weighted by Crippen LogP contribution is 2.21. The molecule has 0 bridgehead atoms. The molecule has 0 atom stereocenters. The Hall–Kier alpha value is -3.02. The molecule has 0 saturated heterocycles. The van der Waals surface area contributed by atoms with Gasteiger partial charge in [0.2, 0.25) is 0 Å². The summed E-state index contributed by atoms with van der Waals surface area (Å²) in [5.74, 6) is -0.840. The summed E-state index contributed by atoms with van der Waals surface area (Å²) in [6.45, 7) is 0. The Morgan fingerprint density at radius 2 is 1.86 bits per heavy atom. The largest absolute Gasteiger partial charge is 0.350 e. The number of carbonyl (C=O) groups is 1. The molecule has 0 saturated carbocycles. The maximum atomic E-state index is 13.3. The zero-order chi connectivity index (χ0) is 15.7. The monoisotopic (exact) mass is 299 g/mol. The quantitative estimate of drug-likeness (QED) is 0.788. The van der Waals surface area contributed by atoms with Crippen LogP contribution in [-0.4, -0.2) is 15.8 Å². The number of hydrogen-bond donors (Lipinski definition) is 1. The molecule has 1 heterocycles. The Balaban J connectivity index is 2.09. The van der Waals surface area contributed by atoms with Gasteiger partial charge < -0.3 is 5.73 Å². The fourth-order valence-corrected chi connectivity index (χ4v) is 2.19. The number of primary amides is 1. The zero-order valence-electron chi connectivity index (χ0n) is 11.3. The number of hydrogen-bond acceptors (Lipinski definition) is 2. The molecule has 3 aromatic rings. The number of halogens is 2. The van der Waals surface area contributed by atoms with Crippen molar-refractivity contribution in [3.8, 4) is 0 Å². The van der Waals surface area contributed by atoms with Crippen LogP contribution in [0.3, 0.4) is 0 Å². The molecule has 1 amide bonds. The standard InChI is InChI=1S/C16H11F2N3O/c17-11-3-1-2-10(8-11)4-7-14-13-6-5-12(18)9-15(13)21(20-14)16(19)22/h1-9H,(H2,19,22)/b7-4+. The lowest BCUT2D eigenvalue weighted by molar-refractivity contribution is 0.248. The minimum Gasteiger partial charge on any atom is -0.350 e. The zero-order valence-corrected chi connectivity index (χ0v) is 11.3. The van der Waals surface area contributed by atoms with Crippen LogP contribution in [0.4, 0.5) is 13.6 Å². The van der Waals surface area contributed by atoms with Gasteiger partial charge in [0.25, 0.3) is 0 Å². The second-order valence-electron chi connectivity index (χ2n) is 4.69. The van der Waals surface area contributed by atoms with E-state index in [1.54, 1.807) is 24.3 Å². The minimum absolute atomic E-state index is 0.284. The van der Waals surface area contributed by atoms with Gasteiger partial charge in [0, 0.05) is 11.5 Å². The third kappa shape index (κ3) is 2.58. The van der Waals surface area contributed by atoms with Crippen molar-refractivity contribution in [1.29, 1.82) is 0 Å². The molecule has 110 valence electrons. The van der Waals surface area contributed by atoms with Crippen LogP contribution < -0.4 is 5.73 Å². The van der Waals surface area contributed by atoms with Crippen LogP contribution in [0.15, 0.2) is 42.5 Å². The van der Waals surface area contributed by atoms with Crippen molar-refractivity contribution in [2.75, 3.05) is 0 Å². The predicted molar refractivity (Wildman–Crippen MR) is 80.0 cm³/mol. The summed E-state index contributed by atoms with van der Waals surface area (Å²) in [6, 6.07) is 9.20. The van der Waals surface area contributed by atoms with E-state index in [1.807, 2.05) is 0 Å². The molecule has 3 rings (SSSR count). The first kappa shape index (κ1) is 13.9. The average molecular weight is 299 g/mol.